The Balaban J connectivity index is 1.79. The molecule has 1 aliphatic rings. The molecule has 0 amide bonds. The zero-order chi connectivity index (χ0) is 11.2. The van der Waals surface area contributed by atoms with E-state index in [0.29, 0.717) is 0 Å². The van der Waals surface area contributed by atoms with Gasteiger partial charge >= 0.3 is 0 Å². The summed E-state index contributed by atoms with van der Waals surface area (Å²) < 4.78 is 0. The first-order valence-electron chi connectivity index (χ1n) is 6.55. The number of hydrogen-bond acceptors (Lipinski definition) is 2. The molecule has 0 atom stereocenters. The third-order valence-corrected chi connectivity index (χ3v) is 3.47. The quantitative estimate of drug-likeness (QED) is 0.840. The fraction of sp³-hybridized carbons (Fsp3) is 0.643. The minimum atomic E-state index is 0.724. The minimum Gasteiger partial charge on any atom is -0.308 e. The summed E-state index contributed by atoms with van der Waals surface area (Å²) in [6.45, 7) is 3.09. The normalized spacial score (nSPS) is 17.6. The van der Waals surface area contributed by atoms with E-state index in [2.05, 4.69) is 29.4 Å². The first kappa shape index (κ1) is 11.6. The summed E-state index contributed by atoms with van der Waals surface area (Å²) in [5.74, 6) is 0. The summed E-state index contributed by atoms with van der Waals surface area (Å²) in [4.78, 5) is 4.47. The van der Waals surface area contributed by atoms with Crippen LogP contribution in [0.4, 0.5) is 0 Å². The maximum atomic E-state index is 4.47. The molecule has 16 heavy (non-hydrogen) atoms. The Hall–Kier alpha value is -0.890. The van der Waals surface area contributed by atoms with Crippen LogP contribution in [0, 0.1) is 0 Å². The highest BCUT2D eigenvalue weighted by atomic mass is 14.9. The predicted octanol–water partition coefficient (Wildman–Crippen LogP) is 3.07. The van der Waals surface area contributed by atoms with Crippen LogP contribution in [0.1, 0.15) is 50.3 Å². The van der Waals surface area contributed by atoms with Gasteiger partial charge in [-0.1, -0.05) is 32.3 Å². The number of nitrogens with one attached hydrogen (secondary N) is 1. The van der Waals surface area contributed by atoms with Crippen LogP contribution in [0.2, 0.25) is 0 Å². The number of aromatic nitrogens is 1. The topological polar surface area (TPSA) is 24.9 Å². The SMILES string of the molecule is CCc1ccc(CNC2CCCCC2)nc1. The van der Waals surface area contributed by atoms with E-state index >= 15 is 0 Å². The second kappa shape index (κ2) is 6.00. The summed E-state index contributed by atoms with van der Waals surface area (Å²) in [7, 11) is 0. The number of pyridine rings is 1. The van der Waals surface area contributed by atoms with Gasteiger partial charge in [0.15, 0.2) is 0 Å². The standard InChI is InChI=1S/C14H22N2/c1-2-12-8-9-14(15-10-12)11-16-13-6-4-3-5-7-13/h8-10,13,16H,2-7,11H2,1H3. The molecule has 0 bridgehead atoms. The smallest absolute Gasteiger partial charge is 0.0541 e. The average Bonchev–Trinajstić information content (AvgIpc) is 2.38. The molecule has 0 aliphatic heterocycles. The molecule has 0 radical (unpaired) electrons. The third-order valence-electron chi connectivity index (χ3n) is 3.47. The van der Waals surface area contributed by atoms with E-state index in [-0.39, 0.29) is 0 Å². The van der Waals surface area contributed by atoms with Crippen LogP contribution >= 0.6 is 0 Å². The third kappa shape index (κ3) is 3.31. The van der Waals surface area contributed by atoms with Crippen LogP contribution in [-0.4, -0.2) is 11.0 Å². The van der Waals surface area contributed by atoms with E-state index in [4.69, 9.17) is 0 Å². The van der Waals surface area contributed by atoms with Crippen LogP contribution < -0.4 is 5.32 Å². The first-order valence-corrected chi connectivity index (χ1v) is 6.55. The maximum absolute atomic E-state index is 4.47. The molecule has 1 saturated carbocycles. The molecular formula is C14H22N2. The molecule has 2 rings (SSSR count). The van der Waals surface area contributed by atoms with Crippen molar-refractivity contribution in [3.05, 3.63) is 29.6 Å². The Labute approximate surface area is 98.5 Å². The summed E-state index contributed by atoms with van der Waals surface area (Å²) in [6.07, 6.45) is 9.95. The van der Waals surface area contributed by atoms with E-state index in [1.165, 1.54) is 43.4 Å². The summed E-state index contributed by atoms with van der Waals surface area (Å²) in [5.41, 5.74) is 2.49. The van der Waals surface area contributed by atoms with Gasteiger partial charge in [0.05, 0.1) is 5.69 Å². The van der Waals surface area contributed by atoms with Gasteiger partial charge in [0, 0.05) is 18.8 Å². The summed E-state index contributed by atoms with van der Waals surface area (Å²) in [5, 5.41) is 3.61. The summed E-state index contributed by atoms with van der Waals surface area (Å²) in [6, 6.07) is 5.06. The van der Waals surface area contributed by atoms with Crippen LogP contribution in [0.5, 0.6) is 0 Å². The zero-order valence-corrected chi connectivity index (χ0v) is 10.2. The highest BCUT2D eigenvalue weighted by molar-refractivity contribution is 5.13. The molecule has 88 valence electrons. The van der Waals surface area contributed by atoms with E-state index in [1.807, 2.05) is 6.20 Å². The number of hydrogen-bond donors (Lipinski definition) is 1. The van der Waals surface area contributed by atoms with Gasteiger partial charge in [-0.15, -0.1) is 0 Å². The van der Waals surface area contributed by atoms with Gasteiger partial charge < -0.3 is 5.32 Å². The largest absolute Gasteiger partial charge is 0.308 e. The first-order chi connectivity index (χ1) is 7.88. The zero-order valence-electron chi connectivity index (χ0n) is 10.2. The highest BCUT2D eigenvalue weighted by Crippen LogP contribution is 2.17. The number of aryl methyl sites for hydroxylation is 1. The van der Waals surface area contributed by atoms with Crippen molar-refractivity contribution in [1.29, 1.82) is 0 Å². The minimum absolute atomic E-state index is 0.724. The van der Waals surface area contributed by atoms with Crippen LogP contribution in [-0.2, 0) is 13.0 Å². The van der Waals surface area contributed by atoms with Crippen molar-refractivity contribution in [3.63, 3.8) is 0 Å². The van der Waals surface area contributed by atoms with Gasteiger partial charge in [-0.3, -0.25) is 4.98 Å². The molecule has 1 N–H and O–H groups in total. The van der Waals surface area contributed by atoms with Gasteiger partial charge in [0.2, 0.25) is 0 Å². The highest BCUT2D eigenvalue weighted by Gasteiger charge is 2.12. The van der Waals surface area contributed by atoms with Crippen LogP contribution in [0.3, 0.4) is 0 Å². The van der Waals surface area contributed by atoms with Crippen molar-refractivity contribution in [2.24, 2.45) is 0 Å². The van der Waals surface area contributed by atoms with Crippen LogP contribution in [0.15, 0.2) is 18.3 Å². The average molecular weight is 218 g/mol. The second-order valence-corrected chi connectivity index (χ2v) is 4.73. The van der Waals surface area contributed by atoms with Gasteiger partial charge in [0.25, 0.3) is 0 Å². The molecule has 2 nitrogen and oxygen atoms in total. The Morgan fingerprint density at radius 1 is 1.25 bits per heavy atom. The Bertz CT molecular complexity index is 299. The van der Waals surface area contributed by atoms with Crippen LogP contribution in [0.25, 0.3) is 0 Å². The van der Waals surface area contributed by atoms with E-state index in [1.54, 1.807) is 0 Å². The Morgan fingerprint density at radius 2 is 2.06 bits per heavy atom. The molecule has 0 unspecified atom stereocenters. The lowest BCUT2D eigenvalue weighted by atomic mass is 9.95. The monoisotopic (exact) mass is 218 g/mol. The van der Waals surface area contributed by atoms with Gasteiger partial charge in [-0.25, -0.2) is 0 Å². The van der Waals surface area contributed by atoms with Gasteiger partial charge in [0.1, 0.15) is 0 Å². The van der Waals surface area contributed by atoms with Gasteiger partial charge in [-0.05, 0) is 30.9 Å². The van der Waals surface area contributed by atoms with E-state index < -0.39 is 0 Å². The molecule has 1 aromatic rings. The maximum Gasteiger partial charge on any atom is 0.0541 e. The fourth-order valence-electron chi connectivity index (χ4n) is 2.32. The summed E-state index contributed by atoms with van der Waals surface area (Å²) >= 11 is 0. The number of rotatable bonds is 4. The lowest BCUT2D eigenvalue weighted by Gasteiger charge is -2.22. The Kier molecular flexibility index (Phi) is 4.34. The van der Waals surface area contributed by atoms with Crippen molar-refractivity contribution in [2.45, 2.75) is 58.0 Å². The van der Waals surface area contributed by atoms with Crippen molar-refractivity contribution < 1.29 is 0 Å². The van der Waals surface area contributed by atoms with Crippen molar-refractivity contribution in [3.8, 4) is 0 Å². The Morgan fingerprint density at radius 3 is 2.69 bits per heavy atom. The molecular weight excluding hydrogens is 196 g/mol. The van der Waals surface area contributed by atoms with Crippen molar-refractivity contribution >= 4 is 0 Å². The van der Waals surface area contributed by atoms with E-state index in [9.17, 15) is 0 Å². The van der Waals surface area contributed by atoms with Crippen molar-refractivity contribution in [1.82, 2.24) is 10.3 Å². The van der Waals surface area contributed by atoms with Gasteiger partial charge in [-0.2, -0.15) is 0 Å². The molecule has 1 aromatic heterocycles. The molecule has 0 spiro atoms. The molecule has 1 fully saturated rings. The lowest BCUT2D eigenvalue weighted by molar-refractivity contribution is 0.371. The molecule has 1 aliphatic carbocycles. The molecule has 0 aromatic carbocycles. The molecule has 0 saturated heterocycles. The lowest BCUT2D eigenvalue weighted by Crippen LogP contribution is -2.30. The second-order valence-electron chi connectivity index (χ2n) is 4.73. The van der Waals surface area contributed by atoms with E-state index in [0.717, 1.165) is 19.0 Å². The van der Waals surface area contributed by atoms with Crippen molar-refractivity contribution in [2.75, 3.05) is 0 Å². The predicted molar refractivity (Wildman–Crippen MR) is 67.3 cm³/mol. The molecule has 2 heteroatoms. The fourth-order valence-corrected chi connectivity index (χ4v) is 2.32. The number of nitrogens with zero attached hydrogens (tertiary/aromatic N) is 1. The molecule has 1 heterocycles.